The van der Waals surface area contributed by atoms with Gasteiger partial charge in [0.15, 0.2) is 10.8 Å². The molecule has 150 valence electrons. The molecule has 1 fully saturated rings. The number of ether oxygens (including phenoxy) is 1. The predicted molar refractivity (Wildman–Crippen MR) is 110 cm³/mol. The van der Waals surface area contributed by atoms with Crippen molar-refractivity contribution in [3.05, 3.63) is 45.8 Å². The summed E-state index contributed by atoms with van der Waals surface area (Å²) in [4.78, 5) is 32.3. The van der Waals surface area contributed by atoms with Crippen molar-refractivity contribution in [2.45, 2.75) is 17.6 Å². The summed E-state index contributed by atoms with van der Waals surface area (Å²) in [7, 11) is 0. The summed E-state index contributed by atoms with van der Waals surface area (Å²) in [5, 5.41) is 5.98. The number of benzene rings is 1. The van der Waals surface area contributed by atoms with Gasteiger partial charge in [0.25, 0.3) is 5.56 Å². The average molecular weight is 432 g/mol. The van der Waals surface area contributed by atoms with Crippen LogP contribution in [-0.2, 0) is 9.53 Å². The number of carbonyl (C=O) groups excluding carboxylic acids is 1. The lowest BCUT2D eigenvalue weighted by Crippen LogP contribution is -2.42. The third-order valence-corrected chi connectivity index (χ3v) is 6.53. The molecular formula is C19H18ClN5O3S. The molecule has 2 aliphatic heterocycles. The smallest absolute Gasteiger partial charge is 0.265 e. The number of nitrogens with zero attached hydrogens (tertiary/aromatic N) is 5. The van der Waals surface area contributed by atoms with E-state index < -0.39 is 0 Å². The molecule has 29 heavy (non-hydrogen) atoms. The summed E-state index contributed by atoms with van der Waals surface area (Å²) >= 11 is 7.59. The molecular weight excluding hydrogens is 414 g/mol. The second-order valence-corrected chi connectivity index (χ2v) is 8.43. The van der Waals surface area contributed by atoms with Crippen molar-refractivity contribution >= 4 is 40.3 Å². The minimum Gasteiger partial charge on any atom is -0.378 e. The van der Waals surface area contributed by atoms with E-state index in [1.165, 1.54) is 18.0 Å². The summed E-state index contributed by atoms with van der Waals surface area (Å²) in [5.74, 6) is 0.698. The lowest BCUT2D eigenvalue weighted by Gasteiger charge is -2.28. The largest absolute Gasteiger partial charge is 0.378 e. The Balaban J connectivity index is 1.49. The highest BCUT2D eigenvalue weighted by molar-refractivity contribution is 7.99. The third kappa shape index (κ3) is 3.33. The zero-order chi connectivity index (χ0) is 20.0. The first-order valence-electron chi connectivity index (χ1n) is 9.36. The summed E-state index contributed by atoms with van der Waals surface area (Å²) in [6.45, 7) is 2.33. The Bertz CT molecular complexity index is 1150. The number of aromatic nitrogens is 4. The van der Waals surface area contributed by atoms with Gasteiger partial charge in [-0.25, -0.2) is 9.67 Å². The van der Waals surface area contributed by atoms with Gasteiger partial charge in [0.2, 0.25) is 5.91 Å². The van der Waals surface area contributed by atoms with Gasteiger partial charge >= 0.3 is 0 Å². The van der Waals surface area contributed by atoms with Crippen molar-refractivity contribution < 1.29 is 9.53 Å². The van der Waals surface area contributed by atoms with E-state index in [2.05, 4.69) is 5.10 Å². The minimum atomic E-state index is -0.204. The highest BCUT2D eigenvalue weighted by Gasteiger charge is 2.31. The van der Waals surface area contributed by atoms with Crippen molar-refractivity contribution in [1.82, 2.24) is 24.2 Å². The number of rotatable bonds is 3. The first-order chi connectivity index (χ1) is 14.1. The number of thioether (sulfide) groups is 1. The second-order valence-electron chi connectivity index (χ2n) is 7.01. The average Bonchev–Trinajstić information content (AvgIpc) is 3.34. The summed E-state index contributed by atoms with van der Waals surface area (Å²) in [6, 6.07) is 7.04. The Morgan fingerprint density at radius 3 is 2.93 bits per heavy atom. The number of morpholine rings is 1. The van der Waals surface area contributed by atoms with E-state index in [1.54, 1.807) is 26.3 Å². The Labute approximate surface area is 175 Å². The fourth-order valence-electron chi connectivity index (χ4n) is 3.72. The molecule has 0 aliphatic carbocycles. The van der Waals surface area contributed by atoms with Crippen molar-refractivity contribution in [2.75, 3.05) is 32.1 Å². The van der Waals surface area contributed by atoms with Gasteiger partial charge in [0.1, 0.15) is 5.39 Å². The molecule has 4 heterocycles. The van der Waals surface area contributed by atoms with Crippen LogP contribution in [0.15, 0.2) is 40.4 Å². The molecule has 2 aromatic heterocycles. The molecule has 0 N–H and O–H groups in total. The van der Waals surface area contributed by atoms with Gasteiger partial charge < -0.3 is 9.64 Å². The van der Waals surface area contributed by atoms with E-state index in [0.717, 1.165) is 5.69 Å². The standard InChI is InChI=1S/C19H18ClN5O3S/c20-12-2-1-3-13(8-12)25-17-15(10-21-25)18(27)24-14(11-29-19(24)22-17)9-16(26)23-4-6-28-7-5-23/h1-3,8,10,14H,4-7,9,11H2. The molecule has 1 amide bonds. The maximum atomic E-state index is 13.2. The second kappa shape index (κ2) is 7.47. The molecule has 0 saturated carbocycles. The van der Waals surface area contributed by atoms with Gasteiger partial charge in [-0.1, -0.05) is 29.4 Å². The lowest BCUT2D eigenvalue weighted by atomic mass is 10.2. The summed E-state index contributed by atoms with van der Waals surface area (Å²) in [5.41, 5.74) is 1.07. The van der Waals surface area contributed by atoms with Gasteiger partial charge in [0, 0.05) is 30.3 Å². The number of fused-ring (bicyclic) bond motifs is 2. The fraction of sp³-hybridized carbons (Fsp3) is 0.368. The third-order valence-electron chi connectivity index (χ3n) is 5.20. The number of halogens is 1. The number of hydrogen-bond donors (Lipinski definition) is 0. The summed E-state index contributed by atoms with van der Waals surface area (Å²) in [6.07, 6.45) is 1.82. The van der Waals surface area contributed by atoms with E-state index >= 15 is 0 Å². The van der Waals surface area contributed by atoms with E-state index in [4.69, 9.17) is 21.3 Å². The molecule has 8 nitrogen and oxygen atoms in total. The Hall–Kier alpha value is -2.36. The Morgan fingerprint density at radius 1 is 1.31 bits per heavy atom. The van der Waals surface area contributed by atoms with Gasteiger partial charge in [-0.2, -0.15) is 5.10 Å². The van der Waals surface area contributed by atoms with E-state index in [0.29, 0.717) is 53.3 Å². The predicted octanol–water partition coefficient (Wildman–Crippen LogP) is 2.13. The van der Waals surface area contributed by atoms with Crippen LogP contribution in [0, 0.1) is 0 Å². The molecule has 0 bridgehead atoms. The highest BCUT2D eigenvalue weighted by Crippen LogP contribution is 2.34. The zero-order valence-corrected chi connectivity index (χ0v) is 17.0. The monoisotopic (exact) mass is 431 g/mol. The van der Waals surface area contributed by atoms with E-state index in [-0.39, 0.29) is 23.9 Å². The normalized spacial score (nSPS) is 18.9. The Kier molecular flexibility index (Phi) is 4.81. The molecule has 10 heteroatoms. The quantitative estimate of drug-likeness (QED) is 0.591. The van der Waals surface area contributed by atoms with Crippen LogP contribution in [0.5, 0.6) is 0 Å². The van der Waals surface area contributed by atoms with Crippen molar-refractivity contribution in [3.63, 3.8) is 0 Å². The van der Waals surface area contributed by atoms with Crippen LogP contribution in [-0.4, -0.2) is 62.2 Å². The van der Waals surface area contributed by atoms with Crippen molar-refractivity contribution in [2.24, 2.45) is 0 Å². The van der Waals surface area contributed by atoms with Crippen LogP contribution in [0.1, 0.15) is 12.5 Å². The Morgan fingerprint density at radius 2 is 2.14 bits per heavy atom. The van der Waals surface area contributed by atoms with Crippen LogP contribution >= 0.6 is 23.4 Å². The highest BCUT2D eigenvalue weighted by atomic mass is 35.5. The number of hydrogen-bond acceptors (Lipinski definition) is 6. The fourth-order valence-corrected chi connectivity index (χ4v) is 5.04. The molecule has 5 rings (SSSR count). The van der Waals surface area contributed by atoms with Crippen LogP contribution in [0.2, 0.25) is 5.02 Å². The topological polar surface area (TPSA) is 82.2 Å². The number of amides is 1. The maximum Gasteiger partial charge on any atom is 0.265 e. The minimum absolute atomic E-state index is 0.0494. The number of carbonyl (C=O) groups is 1. The first-order valence-corrected chi connectivity index (χ1v) is 10.7. The van der Waals surface area contributed by atoms with E-state index in [9.17, 15) is 9.59 Å². The molecule has 2 aliphatic rings. The molecule has 1 atom stereocenters. The van der Waals surface area contributed by atoms with Crippen LogP contribution in [0.25, 0.3) is 16.7 Å². The van der Waals surface area contributed by atoms with Crippen LogP contribution < -0.4 is 5.56 Å². The molecule has 0 spiro atoms. The van der Waals surface area contributed by atoms with Gasteiger partial charge in [0.05, 0.1) is 31.1 Å². The first kappa shape index (κ1) is 18.7. The molecule has 1 unspecified atom stereocenters. The SMILES string of the molecule is O=C(CC1CSc2nc3c(cnn3-c3cccc(Cl)c3)c(=O)n21)N1CCOCC1. The van der Waals surface area contributed by atoms with Gasteiger partial charge in [-0.3, -0.25) is 14.2 Å². The zero-order valence-electron chi connectivity index (χ0n) is 15.5. The maximum absolute atomic E-state index is 13.2. The molecule has 3 aromatic rings. The van der Waals surface area contributed by atoms with Crippen molar-refractivity contribution in [3.8, 4) is 5.69 Å². The molecule has 1 aromatic carbocycles. The van der Waals surface area contributed by atoms with Crippen molar-refractivity contribution in [1.29, 1.82) is 0 Å². The van der Waals surface area contributed by atoms with Crippen LogP contribution in [0.3, 0.4) is 0 Å². The molecule has 0 radical (unpaired) electrons. The van der Waals surface area contributed by atoms with Gasteiger partial charge in [-0.05, 0) is 18.2 Å². The van der Waals surface area contributed by atoms with Crippen LogP contribution in [0.4, 0.5) is 0 Å². The van der Waals surface area contributed by atoms with E-state index in [1.807, 2.05) is 12.1 Å². The lowest BCUT2D eigenvalue weighted by molar-refractivity contribution is -0.135. The summed E-state index contributed by atoms with van der Waals surface area (Å²) < 4.78 is 8.58. The van der Waals surface area contributed by atoms with Gasteiger partial charge in [-0.15, -0.1) is 0 Å². The molecule has 1 saturated heterocycles.